The number of halogens is 1. The van der Waals surface area contributed by atoms with Crippen LogP contribution in [0.4, 0.5) is 5.69 Å². The number of benzene rings is 3. The minimum absolute atomic E-state index is 0.0945. The highest BCUT2D eigenvalue weighted by Gasteiger charge is 2.27. The van der Waals surface area contributed by atoms with E-state index >= 15 is 0 Å². The first-order valence-electron chi connectivity index (χ1n) is 11.6. The normalized spacial score (nSPS) is 11.9. The fraction of sp³-hybridized carbons (Fsp3) is 0.222. The SMILES string of the molecule is CCCN(C(=O)c1ccc([N+](=O)[O-])cc1)C(C)c1nc2cc(Cl)ccc2c(=O)n1-c1ccc(C)cc1. The van der Waals surface area contributed by atoms with E-state index in [4.69, 9.17) is 16.6 Å². The molecule has 0 spiro atoms. The Morgan fingerprint density at radius 3 is 2.39 bits per heavy atom. The molecule has 4 rings (SSSR count). The first-order chi connectivity index (χ1) is 17.2. The van der Waals surface area contributed by atoms with Gasteiger partial charge in [0, 0.05) is 29.3 Å². The van der Waals surface area contributed by atoms with E-state index in [0.717, 1.165) is 5.56 Å². The monoisotopic (exact) mass is 504 g/mol. The number of hydrogen-bond donors (Lipinski definition) is 0. The summed E-state index contributed by atoms with van der Waals surface area (Å²) in [6.45, 7) is 6.13. The molecule has 1 unspecified atom stereocenters. The molecule has 0 radical (unpaired) electrons. The summed E-state index contributed by atoms with van der Waals surface area (Å²) in [6.07, 6.45) is 0.664. The zero-order chi connectivity index (χ0) is 26.0. The topological polar surface area (TPSA) is 98.3 Å². The van der Waals surface area contributed by atoms with Gasteiger partial charge in [-0.05, 0) is 62.7 Å². The first-order valence-corrected chi connectivity index (χ1v) is 11.9. The number of aromatic nitrogens is 2. The third-order valence-electron chi connectivity index (χ3n) is 6.04. The van der Waals surface area contributed by atoms with Crippen molar-refractivity contribution < 1.29 is 9.72 Å². The zero-order valence-corrected chi connectivity index (χ0v) is 20.9. The second kappa shape index (κ2) is 10.3. The van der Waals surface area contributed by atoms with Crippen molar-refractivity contribution in [3.63, 3.8) is 0 Å². The fourth-order valence-electron chi connectivity index (χ4n) is 4.14. The minimum Gasteiger partial charge on any atom is -0.329 e. The molecule has 0 fully saturated rings. The van der Waals surface area contributed by atoms with Crippen LogP contribution >= 0.6 is 11.6 Å². The number of carbonyl (C=O) groups excluding carboxylic acids is 1. The van der Waals surface area contributed by atoms with Gasteiger partial charge in [0.15, 0.2) is 0 Å². The van der Waals surface area contributed by atoms with Crippen LogP contribution in [0.15, 0.2) is 71.5 Å². The summed E-state index contributed by atoms with van der Waals surface area (Å²) >= 11 is 6.19. The Kier molecular flexibility index (Phi) is 7.17. The van der Waals surface area contributed by atoms with Crippen LogP contribution in [-0.4, -0.2) is 31.8 Å². The first kappa shape index (κ1) is 25.1. The fourth-order valence-corrected chi connectivity index (χ4v) is 4.31. The van der Waals surface area contributed by atoms with Gasteiger partial charge in [-0.2, -0.15) is 0 Å². The number of aryl methyl sites for hydroxylation is 1. The minimum atomic E-state index is -0.593. The van der Waals surface area contributed by atoms with Crippen LogP contribution in [-0.2, 0) is 0 Å². The van der Waals surface area contributed by atoms with Crippen molar-refractivity contribution in [2.24, 2.45) is 0 Å². The van der Waals surface area contributed by atoms with Crippen LogP contribution in [0.5, 0.6) is 0 Å². The van der Waals surface area contributed by atoms with Crippen molar-refractivity contribution in [3.05, 3.63) is 109 Å². The molecule has 3 aromatic carbocycles. The molecular weight excluding hydrogens is 480 g/mol. The Balaban J connectivity index is 1.88. The van der Waals surface area contributed by atoms with E-state index in [1.54, 1.807) is 23.1 Å². The number of non-ortho nitro benzene ring substituents is 1. The van der Waals surface area contributed by atoms with Crippen molar-refractivity contribution in [1.29, 1.82) is 0 Å². The molecule has 0 aliphatic carbocycles. The van der Waals surface area contributed by atoms with Crippen LogP contribution in [0, 0.1) is 17.0 Å². The molecule has 0 N–H and O–H groups in total. The number of nitrogens with zero attached hydrogens (tertiary/aromatic N) is 4. The van der Waals surface area contributed by atoms with E-state index in [0.29, 0.717) is 46.0 Å². The van der Waals surface area contributed by atoms with Crippen molar-refractivity contribution >= 4 is 34.1 Å². The van der Waals surface area contributed by atoms with E-state index in [2.05, 4.69) is 0 Å². The molecule has 8 nitrogen and oxygen atoms in total. The van der Waals surface area contributed by atoms with Gasteiger partial charge >= 0.3 is 0 Å². The number of fused-ring (bicyclic) bond motifs is 1. The Hall–Kier alpha value is -4.04. The van der Waals surface area contributed by atoms with E-state index in [9.17, 15) is 19.7 Å². The van der Waals surface area contributed by atoms with Gasteiger partial charge in [0.1, 0.15) is 5.82 Å². The summed E-state index contributed by atoms with van der Waals surface area (Å²) in [6, 6.07) is 17.4. The lowest BCUT2D eigenvalue weighted by Crippen LogP contribution is -2.38. The van der Waals surface area contributed by atoms with Crippen LogP contribution in [0.2, 0.25) is 5.02 Å². The van der Waals surface area contributed by atoms with Gasteiger partial charge in [0.05, 0.1) is 27.6 Å². The highest BCUT2D eigenvalue weighted by atomic mass is 35.5. The Bertz CT molecular complexity index is 1500. The molecule has 9 heteroatoms. The van der Waals surface area contributed by atoms with E-state index in [1.165, 1.54) is 28.8 Å². The van der Waals surface area contributed by atoms with Gasteiger partial charge in [0.25, 0.3) is 17.2 Å². The van der Waals surface area contributed by atoms with E-state index in [1.807, 2.05) is 45.0 Å². The second-order valence-corrected chi connectivity index (χ2v) is 9.02. The summed E-state index contributed by atoms with van der Waals surface area (Å²) in [5.41, 5.74) is 2.08. The summed E-state index contributed by atoms with van der Waals surface area (Å²) in [4.78, 5) is 44.2. The quantitative estimate of drug-likeness (QED) is 0.231. The van der Waals surface area contributed by atoms with Crippen LogP contribution < -0.4 is 5.56 Å². The number of carbonyl (C=O) groups is 1. The lowest BCUT2D eigenvalue weighted by molar-refractivity contribution is -0.384. The molecule has 1 atom stereocenters. The highest BCUT2D eigenvalue weighted by Crippen LogP contribution is 2.26. The number of nitro groups is 1. The summed E-state index contributed by atoms with van der Waals surface area (Å²) < 4.78 is 1.53. The zero-order valence-electron chi connectivity index (χ0n) is 20.1. The molecule has 0 aliphatic heterocycles. The van der Waals surface area contributed by atoms with Gasteiger partial charge in [0.2, 0.25) is 0 Å². The third-order valence-corrected chi connectivity index (χ3v) is 6.28. The molecule has 36 heavy (non-hydrogen) atoms. The molecule has 1 heterocycles. The Labute approximate surface area is 212 Å². The molecule has 0 aliphatic rings. The van der Waals surface area contributed by atoms with Gasteiger partial charge in [-0.3, -0.25) is 24.3 Å². The van der Waals surface area contributed by atoms with Gasteiger partial charge in [-0.25, -0.2) is 4.98 Å². The summed E-state index contributed by atoms with van der Waals surface area (Å²) in [5.74, 6) is 0.0810. The van der Waals surface area contributed by atoms with Crippen molar-refractivity contribution in [2.45, 2.75) is 33.2 Å². The maximum Gasteiger partial charge on any atom is 0.269 e. The lowest BCUT2D eigenvalue weighted by atomic mass is 10.1. The largest absolute Gasteiger partial charge is 0.329 e. The molecule has 0 bridgehead atoms. The standard InChI is InChI=1S/C27H25ClN4O4/c1-4-15-30(26(33)19-7-12-22(13-8-19)32(35)36)18(3)25-29-24-16-20(28)9-14-23(24)27(34)31(25)21-10-5-17(2)6-11-21/h5-14,16,18H,4,15H2,1-3H3. The number of rotatable bonds is 7. The summed E-state index contributed by atoms with van der Waals surface area (Å²) in [5, 5.41) is 11.9. The highest BCUT2D eigenvalue weighted by molar-refractivity contribution is 6.31. The molecule has 4 aromatic rings. The maximum absolute atomic E-state index is 13.7. The molecule has 0 saturated heterocycles. The average Bonchev–Trinajstić information content (AvgIpc) is 2.87. The van der Waals surface area contributed by atoms with Crippen LogP contribution in [0.3, 0.4) is 0 Å². The van der Waals surface area contributed by atoms with Crippen LogP contribution in [0.25, 0.3) is 16.6 Å². The second-order valence-electron chi connectivity index (χ2n) is 8.59. The molecular formula is C27H25ClN4O4. The van der Waals surface area contributed by atoms with Gasteiger partial charge < -0.3 is 4.90 Å². The number of hydrogen-bond acceptors (Lipinski definition) is 5. The molecule has 1 amide bonds. The van der Waals surface area contributed by atoms with Gasteiger partial charge in [-0.15, -0.1) is 0 Å². The van der Waals surface area contributed by atoms with Crippen molar-refractivity contribution in [2.75, 3.05) is 6.54 Å². The van der Waals surface area contributed by atoms with Crippen LogP contribution in [0.1, 0.15) is 48.1 Å². The lowest BCUT2D eigenvalue weighted by Gasteiger charge is -2.30. The molecule has 0 saturated carbocycles. The van der Waals surface area contributed by atoms with E-state index < -0.39 is 11.0 Å². The van der Waals surface area contributed by atoms with Crippen molar-refractivity contribution in [1.82, 2.24) is 14.5 Å². The van der Waals surface area contributed by atoms with Crippen molar-refractivity contribution in [3.8, 4) is 5.69 Å². The van der Waals surface area contributed by atoms with E-state index in [-0.39, 0.29) is 17.2 Å². The predicted octanol–water partition coefficient (Wildman–Crippen LogP) is 5.87. The number of amides is 1. The smallest absolute Gasteiger partial charge is 0.269 e. The maximum atomic E-state index is 13.7. The Morgan fingerprint density at radius 1 is 1.11 bits per heavy atom. The predicted molar refractivity (Wildman–Crippen MR) is 140 cm³/mol. The Morgan fingerprint density at radius 2 is 1.78 bits per heavy atom. The number of nitro benzene ring substituents is 1. The molecule has 184 valence electrons. The summed E-state index contributed by atoms with van der Waals surface area (Å²) in [7, 11) is 0. The molecule has 1 aromatic heterocycles. The average molecular weight is 505 g/mol. The third kappa shape index (κ3) is 4.85. The van der Waals surface area contributed by atoms with Gasteiger partial charge in [-0.1, -0.05) is 36.2 Å².